The van der Waals surface area contributed by atoms with Crippen molar-refractivity contribution in [3.8, 4) is 5.75 Å². The minimum Gasteiger partial charge on any atom is -0.497 e. The zero-order valence-electron chi connectivity index (χ0n) is 11.7. The number of aldehydes is 1. The van der Waals surface area contributed by atoms with Crippen molar-refractivity contribution in [1.82, 2.24) is 5.43 Å². The molecule has 2 aromatic rings. The Bertz CT molecular complexity index is 677. The summed E-state index contributed by atoms with van der Waals surface area (Å²) in [6.45, 7) is 0. The quantitative estimate of drug-likeness (QED) is 0.875. The molecule has 2 aromatic carbocycles. The highest BCUT2D eigenvalue weighted by Gasteiger charge is 2.21. The van der Waals surface area contributed by atoms with Crippen molar-refractivity contribution in [2.24, 2.45) is 5.10 Å². The van der Waals surface area contributed by atoms with E-state index < -0.39 is 0 Å². The second-order valence-corrected chi connectivity index (χ2v) is 4.91. The molecule has 0 radical (unpaired) electrons. The number of nitrogens with zero attached hydrogens (tertiary/aromatic N) is 1. The molecule has 1 aliphatic rings. The minimum atomic E-state index is -0.360. The first-order valence-corrected chi connectivity index (χ1v) is 6.81. The number of ether oxygens (including phenoxy) is 1. The molecule has 3 rings (SSSR count). The highest BCUT2D eigenvalue weighted by atomic mass is 16.5. The van der Waals surface area contributed by atoms with Gasteiger partial charge >= 0.3 is 0 Å². The van der Waals surface area contributed by atoms with Gasteiger partial charge in [-0.05, 0) is 23.3 Å². The van der Waals surface area contributed by atoms with Crippen LogP contribution < -0.4 is 10.2 Å². The maximum Gasteiger partial charge on any atom is 0.148 e. The second-order valence-electron chi connectivity index (χ2n) is 4.91. The summed E-state index contributed by atoms with van der Waals surface area (Å²) in [6.07, 6.45) is 1.59. The molecule has 0 saturated heterocycles. The van der Waals surface area contributed by atoms with Crippen molar-refractivity contribution in [3.05, 3.63) is 65.2 Å². The molecule has 1 aliphatic heterocycles. The summed E-state index contributed by atoms with van der Waals surface area (Å²) in [6, 6.07) is 15.4. The zero-order chi connectivity index (χ0) is 14.7. The molecule has 0 amide bonds. The first-order chi connectivity index (χ1) is 10.3. The van der Waals surface area contributed by atoms with Gasteiger partial charge in [0.2, 0.25) is 0 Å². The summed E-state index contributed by atoms with van der Waals surface area (Å²) in [7, 11) is 1.65. The first-order valence-electron chi connectivity index (χ1n) is 6.81. The van der Waals surface area contributed by atoms with Crippen molar-refractivity contribution in [3.63, 3.8) is 0 Å². The summed E-state index contributed by atoms with van der Waals surface area (Å²) in [5.74, 6) is 0.837. The largest absolute Gasteiger partial charge is 0.497 e. The van der Waals surface area contributed by atoms with E-state index in [2.05, 4.69) is 10.5 Å². The van der Waals surface area contributed by atoms with E-state index in [9.17, 15) is 4.79 Å². The van der Waals surface area contributed by atoms with Gasteiger partial charge in [0.25, 0.3) is 0 Å². The lowest BCUT2D eigenvalue weighted by Crippen LogP contribution is -2.28. The van der Waals surface area contributed by atoms with Crippen LogP contribution in [-0.2, 0) is 11.2 Å². The SMILES string of the molecule is COc1ccc(CC2=NNC(C=O)c3ccccc32)cc1. The van der Waals surface area contributed by atoms with Crippen LogP contribution in [0.5, 0.6) is 5.75 Å². The highest BCUT2D eigenvalue weighted by Crippen LogP contribution is 2.23. The average Bonchev–Trinajstić information content (AvgIpc) is 2.56. The zero-order valence-corrected chi connectivity index (χ0v) is 11.7. The minimum absolute atomic E-state index is 0.360. The lowest BCUT2D eigenvalue weighted by molar-refractivity contribution is -0.109. The first kappa shape index (κ1) is 13.4. The molecule has 1 N–H and O–H groups in total. The van der Waals surface area contributed by atoms with Crippen molar-refractivity contribution in [2.45, 2.75) is 12.5 Å². The van der Waals surface area contributed by atoms with E-state index >= 15 is 0 Å². The summed E-state index contributed by atoms with van der Waals surface area (Å²) in [5, 5.41) is 4.37. The third kappa shape index (κ3) is 2.65. The Morgan fingerprint density at radius 1 is 1.19 bits per heavy atom. The van der Waals surface area contributed by atoms with Crippen LogP contribution in [0.15, 0.2) is 53.6 Å². The number of carbonyl (C=O) groups is 1. The molecule has 4 heteroatoms. The number of hydrogen-bond acceptors (Lipinski definition) is 4. The maximum atomic E-state index is 11.1. The number of methoxy groups -OCH3 is 1. The summed E-state index contributed by atoms with van der Waals surface area (Å²) in [5.41, 5.74) is 7.01. The van der Waals surface area contributed by atoms with Crippen molar-refractivity contribution in [2.75, 3.05) is 7.11 Å². The van der Waals surface area contributed by atoms with Crippen LogP contribution in [0.1, 0.15) is 22.7 Å². The highest BCUT2D eigenvalue weighted by molar-refractivity contribution is 6.04. The topological polar surface area (TPSA) is 50.7 Å². The Morgan fingerprint density at radius 3 is 2.67 bits per heavy atom. The van der Waals surface area contributed by atoms with Crippen molar-refractivity contribution in [1.29, 1.82) is 0 Å². The molecule has 0 bridgehead atoms. The number of hydrogen-bond donors (Lipinski definition) is 1. The van der Waals surface area contributed by atoms with Crippen molar-refractivity contribution < 1.29 is 9.53 Å². The van der Waals surface area contributed by atoms with Gasteiger partial charge in [-0.1, -0.05) is 36.4 Å². The molecule has 0 aliphatic carbocycles. The Morgan fingerprint density at radius 2 is 1.95 bits per heavy atom. The van der Waals surface area contributed by atoms with E-state index in [4.69, 9.17) is 4.74 Å². The van der Waals surface area contributed by atoms with Gasteiger partial charge in [-0.2, -0.15) is 5.10 Å². The van der Waals surface area contributed by atoms with E-state index in [0.717, 1.165) is 34.4 Å². The van der Waals surface area contributed by atoms with E-state index in [1.54, 1.807) is 7.11 Å². The van der Waals surface area contributed by atoms with Crippen LogP contribution in [0.4, 0.5) is 0 Å². The summed E-state index contributed by atoms with van der Waals surface area (Å²) in [4.78, 5) is 11.1. The molecular weight excluding hydrogens is 264 g/mol. The lowest BCUT2D eigenvalue weighted by Gasteiger charge is -2.22. The summed E-state index contributed by atoms with van der Waals surface area (Å²) < 4.78 is 5.16. The molecule has 4 nitrogen and oxygen atoms in total. The van der Waals surface area contributed by atoms with Gasteiger partial charge in [0, 0.05) is 12.0 Å². The van der Waals surface area contributed by atoms with Gasteiger partial charge in [-0.3, -0.25) is 5.43 Å². The molecule has 0 spiro atoms. The molecule has 0 aromatic heterocycles. The van der Waals surface area contributed by atoms with Gasteiger partial charge in [0.1, 0.15) is 18.1 Å². The van der Waals surface area contributed by atoms with E-state index in [1.807, 2.05) is 48.5 Å². The predicted octanol–water partition coefficient (Wildman–Crippen LogP) is 2.49. The fourth-order valence-electron chi connectivity index (χ4n) is 2.48. The normalized spacial score (nSPS) is 16.4. The van der Waals surface area contributed by atoms with Crippen LogP contribution in [0.25, 0.3) is 0 Å². The Labute approximate surface area is 123 Å². The summed E-state index contributed by atoms with van der Waals surface area (Å²) >= 11 is 0. The molecular formula is C17H16N2O2. The molecule has 1 unspecified atom stereocenters. The van der Waals surface area contributed by atoms with Crippen LogP contribution in [0, 0.1) is 0 Å². The fraction of sp³-hybridized carbons (Fsp3) is 0.176. The van der Waals surface area contributed by atoms with Crippen LogP contribution >= 0.6 is 0 Å². The van der Waals surface area contributed by atoms with E-state index in [1.165, 1.54) is 0 Å². The number of carbonyl (C=O) groups excluding carboxylic acids is 1. The molecule has 21 heavy (non-hydrogen) atoms. The molecule has 106 valence electrons. The number of rotatable bonds is 4. The van der Waals surface area contributed by atoms with Gasteiger partial charge < -0.3 is 9.53 Å². The Balaban J connectivity index is 1.89. The monoisotopic (exact) mass is 280 g/mol. The third-order valence-corrected chi connectivity index (χ3v) is 3.61. The maximum absolute atomic E-state index is 11.1. The van der Waals surface area contributed by atoms with Crippen molar-refractivity contribution >= 4 is 12.0 Å². The van der Waals surface area contributed by atoms with Crippen LogP contribution in [0.3, 0.4) is 0 Å². The second kappa shape index (κ2) is 5.79. The molecule has 1 heterocycles. The van der Waals surface area contributed by atoms with E-state index in [0.29, 0.717) is 6.42 Å². The molecule has 0 saturated carbocycles. The van der Waals surface area contributed by atoms with Gasteiger partial charge in [-0.25, -0.2) is 0 Å². The molecule has 1 atom stereocenters. The smallest absolute Gasteiger partial charge is 0.148 e. The number of benzene rings is 2. The lowest BCUT2D eigenvalue weighted by atomic mass is 9.93. The van der Waals surface area contributed by atoms with E-state index in [-0.39, 0.29) is 6.04 Å². The Kier molecular flexibility index (Phi) is 3.69. The van der Waals surface area contributed by atoms with Gasteiger partial charge in [0.05, 0.1) is 12.8 Å². The van der Waals surface area contributed by atoms with Gasteiger partial charge in [0.15, 0.2) is 0 Å². The van der Waals surface area contributed by atoms with Crippen LogP contribution in [0.2, 0.25) is 0 Å². The predicted molar refractivity (Wildman–Crippen MR) is 81.6 cm³/mol. The van der Waals surface area contributed by atoms with Crippen LogP contribution in [-0.4, -0.2) is 19.1 Å². The number of nitrogens with one attached hydrogen (secondary N) is 1. The number of hydrazone groups is 1. The van der Waals surface area contributed by atoms with Gasteiger partial charge in [-0.15, -0.1) is 0 Å². The fourth-order valence-corrected chi connectivity index (χ4v) is 2.48. The standard InChI is InChI=1S/C17H16N2O2/c1-21-13-8-6-12(7-9-13)10-16-14-4-2-3-5-15(14)17(11-20)19-18-16/h2-9,11,17,19H,10H2,1H3. The Hall–Kier alpha value is -2.62. The third-order valence-electron chi connectivity index (χ3n) is 3.61. The average molecular weight is 280 g/mol. The molecule has 0 fully saturated rings. The number of fused-ring (bicyclic) bond motifs is 1.